The van der Waals surface area contributed by atoms with Gasteiger partial charge in [-0.1, -0.05) is 11.6 Å². The summed E-state index contributed by atoms with van der Waals surface area (Å²) in [4.78, 5) is 8.00. The lowest BCUT2D eigenvalue weighted by Gasteiger charge is -2.05. The van der Waals surface area contributed by atoms with Crippen LogP contribution in [-0.2, 0) is 11.3 Å². The average molecular weight is 227 g/mol. The number of hydrogen-bond acceptors (Lipinski definition) is 4. The first-order valence-corrected chi connectivity index (χ1v) is 4.87. The van der Waals surface area contributed by atoms with Crippen molar-refractivity contribution in [2.24, 2.45) is 0 Å². The van der Waals surface area contributed by atoms with Gasteiger partial charge in [-0.05, 0) is 6.07 Å². The highest BCUT2D eigenvalue weighted by Gasteiger charge is 2.08. The molecule has 2 rings (SSSR count). The Kier molecular flexibility index (Phi) is 2.75. The van der Waals surface area contributed by atoms with Gasteiger partial charge in [0.05, 0.1) is 12.1 Å². The van der Waals surface area contributed by atoms with Gasteiger partial charge >= 0.3 is 0 Å². The maximum absolute atomic E-state index is 5.99. The van der Waals surface area contributed by atoms with E-state index >= 15 is 0 Å². The zero-order valence-corrected chi connectivity index (χ0v) is 9.03. The van der Waals surface area contributed by atoms with Crippen molar-refractivity contribution in [3.8, 4) is 0 Å². The molecular weight excluding hydrogens is 216 g/mol. The van der Waals surface area contributed by atoms with Crippen molar-refractivity contribution < 1.29 is 4.74 Å². The number of nitrogens with zero attached hydrogens (tertiary/aromatic N) is 3. The Hall–Kier alpha value is -1.33. The van der Waals surface area contributed by atoms with Crippen LogP contribution in [-0.4, -0.2) is 28.3 Å². The number of methoxy groups -OCH3 is 1. The maximum Gasteiger partial charge on any atom is 0.222 e. The zero-order chi connectivity index (χ0) is 10.8. The van der Waals surface area contributed by atoms with E-state index in [9.17, 15) is 0 Å². The van der Waals surface area contributed by atoms with Crippen LogP contribution in [0.3, 0.4) is 0 Å². The van der Waals surface area contributed by atoms with Crippen LogP contribution in [0.5, 0.6) is 0 Å². The second-order valence-electron chi connectivity index (χ2n) is 3.11. The number of halogens is 1. The highest BCUT2D eigenvalue weighted by Crippen LogP contribution is 2.22. The van der Waals surface area contributed by atoms with Crippen LogP contribution in [0.1, 0.15) is 0 Å². The fraction of sp³-hybridized carbons (Fsp3) is 0.333. The summed E-state index contributed by atoms with van der Waals surface area (Å²) >= 11 is 5.99. The first-order chi connectivity index (χ1) is 7.22. The molecule has 0 aliphatic heterocycles. The molecular formula is C9H11ClN4O. The topological polar surface area (TPSA) is 66.0 Å². The second kappa shape index (κ2) is 4.04. The molecule has 0 atom stereocenters. The van der Waals surface area contributed by atoms with E-state index in [1.165, 1.54) is 0 Å². The molecule has 0 fully saturated rings. The molecule has 2 aromatic rings. The SMILES string of the molecule is COCCn1ccc2nc(N)nc(Cl)c21. The van der Waals surface area contributed by atoms with Crippen LogP contribution in [0, 0.1) is 0 Å². The summed E-state index contributed by atoms with van der Waals surface area (Å²) in [7, 11) is 1.65. The molecule has 0 bridgehead atoms. The van der Waals surface area contributed by atoms with Crippen molar-refractivity contribution in [3.05, 3.63) is 17.4 Å². The molecule has 2 aromatic heterocycles. The summed E-state index contributed by atoms with van der Waals surface area (Å²) in [5, 5.41) is 0.374. The Bertz CT molecular complexity index is 482. The smallest absolute Gasteiger partial charge is 0.222 e. The van der Waals surface area contributed by atoms with Crippen LogP contribution >= 0.6 is 11.6 Å². The summed E-state index contributed by atoms with van der Waals surface area (Å²) in [5.41, 5.74) is 7.04. The fourth-order valence-corrected chi connectivity index (χ4v) is 1.75. The monoisotopic (exact) mass is 226 g/mol. The highest BCUT2D eigenvalue weighted by atomic mass is 35.5. The number of ether oxygens (including phenoxy) is 1. The van der Waals surface area contributed by atoms with Gasteiger partial charge in [0, 0.05) is 19.9 Å². The highest BCUT2D eigenvalue weighted by molar-refractivity contribution is 6.33. The number of fused-ring (bicyclic) bond motifs is 1. The summed E-state index contributed by atoms with van der Waals surface area (Å²) in [6, 6.07) is 1.86. The lowest BCUT2D eigenvalue weighted by Crippen LogP contribution is -2.04. The van der Waals surface area contributed by atoms with Gasteiger partial charge in [0.1, 0.15) is 5.52 Å². The normalized spacial score (nSPS) is 11.1. The van der Waals surface area contributed by atoms with Gasteiger partial charge < -0.3 is 15.0 Å². The van der Waals surface area contributed by atoms with Gasteiger partial charge in [-0.3, -0.25) is 0 Å². The number of nitrogens with two attached hydrogens (primary N) is 1. The molecule has 2 N–H and O–H groups in total. The molecule has 0 aromatic carbocycles. The quantitative estimate of drug-likeness (QED) is 0.802. The van der Waals surface area contributed by atoms with Crippen LogP contribution < -0.4 is 5.73 Å². The molecule has 2 heterocycles. The summed E-state index contributed by atoms with van der Waals surface area (Å²) in [6.45, 7) is 1.33. The van der Waals surface area contributed by atoms with E-state index in [4.69, 9.17) is 22.1 Å². The van der Waals surface area contributed by atoms with E-state index in [0.717, 1.165) is 11.0 Å². The Morgan fingerprint density at radius 3 is 3.07 bits per heavy atom. The Morgan fingerprint density at radius 1 is 1.53 bits per heavy atom. The Balaban J connectivity index is 2.49. The lowest BCUT2D eigenvalue weighted by molar-refractivity contribution is 0.188. The molecule has 5 nitrogen and oxygen atoms in total. The minimum atomic E-state index is 0.192. The van der Waals surface area contributed by atoms with Gasteiger partial charge in [-0.15, -0.1) is 0 Å². The van der Waals surface area contributed by atoms with Crippen LogP contribution in [0.4, 0.5) is 5.95 Å². The van der Waals surface area contributed by atoms with Crippen molar-refractivity contribution in [2.45, 2.75) is 6.54 Å². The fourth-order valence-electron chi connectivity index (χ4n) is 1.45. The molecule has 80 valence electrons. The molecule has 0 spiro atoms. The molecule has 0 aliphatic rings. The maximum atomic E-state index is 5.99. The van der Waals surface area contributed by atoms with Crippen LogP contribution in [0.25, 0.3) is 11.0 Å². The molecule has 0 radical (unpaired) electrons. The zero-order valence-electron chi connectivity index (χ0n) is 8.27. The van der Waals surface area contributed by atoms with Crippen molar-refractivity contribution in [2.75, 3.05) is 19.5 Å². The molecule has 6 heteroatoms. The number of nitrogen functional groups attached to an aromatic ring is 1. The van der Waals surface area contributed by atoms with E-state index in [2.05, 4.69) is 9.97 Å². The van der Waals surface area contributed by atoms with Gasteiger partial charge in [-0.2, -0.15) is 4.98 Å². The average Bonchev–Trinajstić information content (AvgIpc) is 2.58. The lowest BCUT2D eigenvalue weighted by atomic mass is 10.4. The van der Waals surface area contributed by atoms with Crippen molar-refractivity contribution in [1.82, 2.24) is 14.5 Å². The predicted octanol–water partition coefficient (Wildman–Crippen LogP) is 1.31. The number of rotatable bonds is 3. The minimum absolute atomic E-state index is 0.192. The van der Waals surface area contributed by atoms with Gasteiger partial charge in [0.15, 0.2) is 5.15 Å². The summed E-state index contributed by atoms with van der Waals surface area (Å²) in [6.07, 6.45) is 1.89. The largest absolute Gasteiger partial charge is 0.383 e. The molecule has 15 heavy (non-hydrogen) atoms. The van der Waals surface area contributed by atoms with Gasteiger partial charge in [-0.25, -0.2) is 4.98 Å². The van der Waals surface area contributed by atoms with E-state index in [0.29, 0.717) is 18.3 Å². The molecule has 0 aliphatic carbocycles. The third-order valence-electron chi connectivity index (χ3n) is 2.12. The third kappa shape index (κ3) is 1.88. The molecule has 0 saturated heterocycles. The van der Waals surface area contributed by atoms with Crippen molar-refractivity contribution in [3.63, 3.8) is 0 Å². The van der Waals surface area contributed by atoms with Crippen molar-refractivity contribution in [1.29, 1.82) is 0 Å². The standard InChI is InChI=1S/C9H11ClN4O/c1-15-5-4-14-3-2-6-7(14)8(10)13-9(11)12-6/h2-3H,4-5H2,1H3,(H2,11,12,13). The molecule has 0 unspecified atom stereocenters. The van der Waals surface area contributed by atoms with Crippen LogP contribution in [0.15, 0.2) is 12.3 Å². The summed E-state index contributed by atoms with van der Waals surface area (Å²) in [5.74, 6) is 0.192. The van der Waals surface area contributed by atoms with E-state index in [-0.39, 0.29) is 5.95 Å². The first-order valence-electron chi connectivity index (χ1n) is 4.49. The number of hydrogen-bond donors (Lipinski definition) is 1. The van der Waals surface area contributed by atoms with E-state index < -0.39 is 0 Å². The summed E-state index contributed by atoms with van der Waals surface area (Å²) < 4.78 is 6.94. The van der Waals surface area contributed by atoms with Gasteiger partial charge in [0.25, 0.3) is 0 Å². The second-order valence-corrected chi connectivity index (χ2v) is 3.47. The van der Waals surface area contributed by atoms with E-state index in [1.54, 1.807) is 7.11 Å². The van der Waals surface area contributed by atoms with Crippen molar-refractivity contribution >= 4 is 28.6 Å². The van der Waals surface area contributed by atoms with E-state index in [1.807, 2.05) is 16.8 Å². The molecule has 0 saturated carbocycles. The third-order valence-corrected chi connectivity index (χ3v) is 2.39. The number of anilines is 1. The van der Waals surface area contributed by atoms with Crippen LogP contribution in [0.2, 0.25) is 5.15 Å². The predicted molar refractivity (Wildman–Crippen MR) is 58.8 cm³/mol. The Labute approximate surface area is 91.8 Å². The number of aromatic nitrogens is 3. The molecule has 0 amide bonds. The minimum Gasteiger partial charge on any atom is -0.383 e. The van der Waals surface area contributed by atoms with Gasteiger partial charge in [0.2, 0.25) is 5.95 Å². The Morgan fingerprint density at radius 2 is 2.33 bits per heavy atom. The first kappa shape index (κ1) is 10.2.